The Morgan fingerprint density at radius 2 is 2.09 bits per heavy atom. The lowest BCUT2D eigenvalue weighted by molar-refractivity contribution is -0.114. The number of H-pyrrole nitrogens is 1. The van der Waals surface area contributed by atoms with Gasteiger partial charge in [-0.3, -0.25) is 19.7 Å². The Balaban J connectivity index is 1.72. The first-order valence-corrected chi connectivity index (χ1v) is 6.62. The summed E-state index contributed by atoms with van der Waals surface area (Å²) in [5.74, 6) is -1.03. The number of aromatic nitrogens is 4. The van der Waals surface area contributed by atoms with Crippen LogP contribution >= 0.6 is 0 Å². The van der Waals surface area contributed by atoms with E-state index >= 15 is 0 Å². The zero-order valence-electron chi connectivity index (χ0n) is 11.5. The van der Waals surface area contributed by atoms with E-state index in [1.165, 1.54) is 12.6 Å². The highest BCUT2D eigenvalue weighted by Gasteiger charge is 2.22. The second-order valence-corrected chi connectivity index (χ2v) is 4.62. The minimum atomic E-state index is -0.735. The van der Waals surface area contributed by atoms with Crippen molar-refractivity contribution in [2.75, 3.05) is 0 Å². The second kappa shape index (κ2) is 6.13. The second-order valence-electron chi connectivity index (χ2n) is 4.62. The van der Waals surface area contributed by atoms with Crippen LogP contribution < -0.4 is 0 Å². The summed E-state index contributed by atoms with van der Waals surface area (Å²) >= 11 is 0. The zero-order chi connectivity index (χ0) is 15.4. The van der Waals surface area contributed by atoms with Gasteiger partial charge in [-0.05, 0) is 23.8 Å². The van der Waals surface area contributed by atoms with Crippen molar-refractivity contribution in [3.8, 4) is 0 Å². The maximum atomic E-state index is 12.0. The van der Waals surface area contributed by atoms with Crippen molar-refractivity contribution in [2.24, 2.45) is 0 Å². The van der Waals surface area contributed by atoms with Gasteiger partial charge in [0.1, 0.15) is 12.1 Å². The number of pyridine rings is 1. The van der Waals surface area contributed by atoms with Gasteiger partial charge in [0.15, 0.2) is 0 Å². The largest absolute Gasteiger partial charge is 0.469 e. The minimum absolute atomic E-state index is 0.122. The molecule has 0 fully saturated rings. The van der Waals surface area contributed by atoms with Crippen molar-refractivity contribution >= 4 is 11.6 Å². The van der Waals surface area contributed by atoms with Crippen LogP contribution in [0.1, 0.15) is 27.6 Å². The van der Waals surface area contributed by atoms with E-state index in [1.807, 2.05) is 18.2 Å². The molecule has 7 nitrogen and oxygen atoms in total. The number of carbonyl (C=O) groups excluding carboxylic acids is 2. The number of carbonyl (C=O) groups is 2. The van der Waals surface area contributed by atoms with Gasteiger partial charge in [-0.1, -0.05) is 6.07 Å². The van der Waals surface area contributed by atoms with Crippen molar-refractivity contribution < 1.29 is 14.0 Å². The van der Waals surface area contributed by atoms with Crippen LogP contribution in [0, 0.1) is 0 Å². The van der Waals surface area contributed by atoms with Crippen molar-refractivity contribution in [3.05, 3.63) is 65.9 Å². The maximum absolute atomic E-state index is 12.0. The molecule has 0 aromatic carbocycles. The monoisotopic (exact) mass is 296 g/mol. The fourth-order valence-corrected chi connectivity index (χ4v) is 2.05. The molecule has 0 aliphatic carbocycles. The van der Waals surface area contributed by atoms with Crippen molar-refractivity contribution in [3.63, 3.8) is 0 Å². The number of aromatic amines is 1. The summed E-state index contributed by atoms with van der Waals surface area (Å²) in [6.07, 6.45) is 4.86. The van der Waals surface area contributed by atoms with Gasteiger partial charge >= 0.3 is 0 Å². The summed E-state index contributed by atoms with van der Waals surface area (Å²) < 4.78 is 5.33. The van der Waals surface area contributed by atoms with E-state index in [2.05, 4.69) is 20.2 Å². The fraction of sp³-hybridized carbons (Fsp3) is 0.133. The molecule has 0 saturated carbocycles. The van der Waals surface area contributed by atoms with Gasteiger partial charge in [-0.25, -0.2) is 4.98 Å². The van der Waals surface area contributed by atoms with Gasteiger partial charge in [0.05, 0.1) is 12.7 Å². The van der Waals surface area contributed by atoms with Gasteiger partial charge in [0, 0.05) is 18.3 Å². The normalized spacial score (nSPS) is 10.5. The quantitative estimate of drug-likeness (QED) is 0.544. The molecular formula is C15H12N4O3. The average molecular weight is 296 g/mol. The number of hydrogen-bond acceptors (Lipinski definition) is 6. The van der Waals surface area contributed by atoms with Gasteiger partial charge < -0.3 is 4.42 Å². The molecule has 0 aliphatic heterocycles. The summed E-state index contributed by atoms with van der Waals surface area (Å²) in [5.41, 5.74) is 1.69. The summed E-state index contributed by atoms with van der Waals surface area (Å²) in [6, 6.07) is 7.38. The van der Waals surface area contributed by atoms with Crippen LogP contribution in [-0.4, -0.2) is 31.7 Å². The van der Waals surface area contributed by atoms with E-state index in [0.717, 1.165) is 11.3 Å². The third kappa shape index (κ3) is 2.98. The molecule has 3 aromatic rings. The standard InChI is InChI=1S/C15H12N4O3/c20-12(14(21)15-17-9-18-19-15)8-13-10(4-6-22-13)7-11-3-1-2-5-16-11/h1-6,9H,7-8H2,(H,17,18,19). The molecule has 0 atom stereocenters. The molecule has 110 valence electrons. The molecular weight excluding hydrogens is 284 g/mol. The number of furan rings is 1. The Kier molecular flexibility index (Phi) is 3.86. The predicted molar refractivity (Wildman–Crippen MR) is 75.2 cm³/mol. The molecule has 0 unspecified atom stereocenters. The van der Waals surface area contributed by atoms with Crippen LogP contribution in [0.4, 0.5) is 0 Å². The van der Waals surface area contributed by atoms with Crippen molar-refractivity contribution in [1.29, 1.82) is 0 Å². The van der Waals surface area contributed by atoms with Crippen molar-refractivity contribution in [2.45, 2.75) is 12.8 Å². The number of Topliss-reactive ketones (excluding diaryl/α,β-unsaturated/α-hetero) is 2. The molecule has 22 heavy (non-hydrogen) atoms. The Morgan fingerprint density at radius 1 is 1.18 bits per heavy atom. The van der Waals surface area contributed by atoms with Crippen LogP contribution in [0.3, 0.4) is 0 Å². The number of hydrogen-bond donors (Lipinski definition) is 1. The van der Waals surface area contributed by atoms with Gasteiger partial charge in [0.25, 0.3) is 5.78 Å². The van der Waals surface area contributed by atoms with Gasteiger partial charge in [0.2, 0.25) is 11.6 Å². The molecule has 1 N–H and O–H groups in total. The maximum Gasteiger partial charge on any atom is 0.268 e. The van der Waals surface area contributed by atoms with Crippen LogP contribution in [-0.2, 0) is 17.6 Å². The van der Waals surface area contributed by atoms with Crippen LogP contribution in [0.2, 0.25) is 0 Å². The summed E-state index contributed by atoms with van der Waals surface area (Å²) in [4.78, 5) is 31.8. The Hall–Kier alpha value is -3.09. The molecule has 0 bridgehead atoms. The zero-order valence-corrected chi connectivity index (χ0v) is 11.5. The Labute approximate surface area is 125 Å². The molecule has 3 aromatic heterocycles. The Morgan fingerprint density at radius 3 is 2.82 bits per heavy atom. The number of ketones is 2. The lowest BCUT2D eigenvalue weighted by atomic mass is 10.1. The summed E-state index contributed by atoms with van der Waals surface area (Å²) in [5, 5.41) is 6.01. The number of rotatable bonds is 6. The fourth-order valence-electron chi connectivity index (χ4n) is 2.05. The van der Waals surface area contributed by atoms with E-state index in [0.29, 0.717) is 12.2 Å². The number of nitrogens with one attached hydrogen (secondary N) is 1. The molecule has 7 heteroatoms. The predicted octanol–water partition coefficient (Wildman–Crippen LogP) is 1.38. The van der Waals surface area contributed by atoms with E-state index < -0.39 is 11.6 Å². The van der Waals surface area contributed by atoms with Crippen LogP contribution in [0.15, 0.2) is 47.5 Å². The molecule has 3 rings (SSSR count). The van der Waals surface area contributed by atoms with Gasteiger partial charge in [-0.15, -0.1) is 5.10 Å². The average Bonchev–Trinajstić information content (AvgIpc) is 3.20. The van der Waals surface area contributed by atoms with Crippen LogP contribution in [0.25, 0.3) is 0 Å². The molecule has 0 amide bonds. The van der Waals surface area contributed by atoms with Crippen molar-refractivity contribution in [1.82, 2.24) is 20.2 Å². The van der Waals surface area contributed by atoms with E-state index in [4.69, 9.17) is 4.42 Å². The smallest absolute Gasteiger partial charge is 0.268 e. The van der Waals surface area contributed by atoms with E-state index in [1.54, 1.807) is 12.3 Å². The molecule has 0 radical (unpaired) electrons. The minimum Gasteiger partial charge on any atom is -0.469 e. The topological polar surface area (TPSA) is 102 Å². The summed E-state index contributed by atoms with van der Waals surface area (Å²) in [7, 11) is 0. The van der Waals surface area contributed by atoms with Gasteiger partial charge in [-0.2, -0.15) is 0 Å². The highest BCUT2D eigenvalue weighted by Crippen LogP contribution is 2.16. The first kappa shape index (κ1) is 13.9. The first-order valence-electron chi connectivity index (χ1n) is 6.62. The van der Waals surface area contributed by atoms with Crippen LogP contribution in [0.5, 0.6) is 0 Å². The number of nitrogens with zero attached hydrogens (tertiary/aromatic N) is 3. The highest BCUT2D eigenvalue weighted by molar-refractivity contribution is 6.43. The molecule has 0 spiro atoms. The third-order valence-electron chi connectivity index (χ3n) is 3.13. The van der Waals surface area contributed by atoms with E-state index in [9.17, 15) is 9.59 Å². The highest BCUT2D eigenvalue weighted by atomic mass is 16.3. The lowest BCUT2D eigenvalue weighted by Gasteiger charge is -2.01. The summed E-state index contributed by atoms with van der Waals surface area (Å²) in [6.45, 7) is 0. The molecule has 0 aliphatic rings. The third-order valence-corrected chi connectivity index (χ3v) is 3.13. The molecule has 3 heterocycles. The SMILES string of the molecule is O=C(Cc1occc1Cc1ccccn1)C(=O)c1nc[nH]n1. The Bertz CT molecular complexity index is 778. The lowest BCUT2D eigenvalue weighted by Crippen LogP contribution is -2.18. The molecule has 0 saturated heterocycles. The first-order chi connectivity index (χ1) is 10.7. The van der Waals surface area contributed by atoms with E-state index in [-0.39, 0.29) is 12.2 Å².